The summed E-state index contributed by atoms with van der Waals surface area (Å²) >= 11 is 0. The number of benzene rings is 1. The predicted octanol–water partition coefficient (Wildman–Crippen LogP) is 2.93. The molecule has 1 unspecified atom stereocenters. The number of carbonyl (C=O) groups is 1. The van der Waals surface area contributed by atoms with E-state index in [0.29, 0.717) is 31.1 Å². The van der Waals surface area contributed by atoms with Crippen LogP contribution < -0.4 is 11.3 Å². The molecule has 34 heavy (non-hydrogen) atoms. The van der Waals surface area contributed by atoms with Crippen molar-refractivity contribution in [1.82, 2.24) is 24.0 Å². The lowest BCUT2D eigenvalue weighted by Crippen LogP contribution is -2.26. The Morgan fingerprint density at radius 2 is 2.03 bits per heavy atom. The van der Waals surface area contributed by atoms with Gasteiger partial charge in [-0.05, 0) is 29.7 Å². The first-order valence-electron chi connectivity index (χ1n) is 11.2. The van der Waals surface area contributed by atoms with Crippen LogP contribution in [0.4, 0.5) is 5.82 Å². The lowest BCUT2D eigenvalue weighted by atomic mass is 9.95. The number of amides is 1. The monoisotopic (exact) mass is 454 g/mol. The number of hydrogen-bond donors (Lipinski definition) is 1. The Balaban J connectivity index is 1.62. The summed E-state index contributed by atoms with van der Waals surface area (Å²) in [5, 5.41) is 0.730. The molecule has 1 aromatic carbocycles. The molecule has 8 heteroatoms. The molecule has 8 nitrogen and oxygen atoms in total. The third-order valence-electron chi connectivity index (χ3n) is 6.58. The van der Waals surface area contributed by atoms with Crippen LogP contribution in [0.1, 0.15) is 23.6 Å². The minimum Gasteiger partial charge on any atom is -0.383 e. The zero-order chi connectivity index (χ0) is 23.8. The van der Waals surface area contributed by atoms with Gasteiger partial charge in [0.1, 0.15) is 17.8 Å². The maximum absolute atomic E-state index is 13.1. The molecule has 4 heterocycles. The number of anilines is 1. The Morgan fingerprint density at radius 1 is 1.24 bits per heavy atom. The van der Waals surface area contributed by atoms with Gasteiger partial charge in [0.15, 0.2) is 0 Å². The highest BCUT2D eigenvalue weighted by Gasteiger charge is 2.32. The normalized spacial score (nSPS) is 15.7. The topological polar surface area (TPSA) is 99.0 Å². The fourth-order valence-corrected chi connectivity index (χ4v) is 4.95. The molecule has 2 N–H and O–H groups in total. The number of aromatic nitrogens is 4. The Bertz CT molecular complexity index is 1450. The maximum Gasteiger partial charge on any atom is 0.251 e. The van der Waals surface area contributed by atoms with E-state index in [1.165, 1.54) is 12.4 Å². The predicted molar refractivity (Wildman–Crippen MR) is 132 cm³/mol. The Kier molecular flexibility index (Phi) is 5.49. The summed E-state index contributed by atoms with van der Waals surface area (Å²) in [7, 11) is 1.95. The van der Waals surface area contributed by atoms with E-state index in [-0.39, 0.29) is 17.4 Å². The molecule has 1 fully saturated rings. The lowest BCUT2D eigenvalue weighted by molar-refractivity contribution is -0.125. The molecule has 0 aliphatic carbocycles. The van der Waals surface area contributed by atoms with Gasteiger partial charge in [-0.15, -0.1) is 0 Å². The maximum atomic E-state index is 13.1. The molecule has 3 aromatic heterocycles. The highest BCUT2D eigenvalue weighted by atomic mass is 16.2. The molecule has 0 bridgehead atoms. The first-order valence-corrected chi connectivity index (χ1v) is 11.2. The lowest BCUT2D eigenvalue weighted by Gasteiger charge is -2.17. The highest BCUT2D eigenvalue weighted by molar-refractivity contribution is 6.02. The van der Waals surface area contributed by atoms with Crippen LogP contribution in [-0.2, 0) is 18.4 Å². The summed E-state index contributed by atoms with van der Waals surface area (Å²) in [5.41, 5.74) is 10.6. The molecule has 1 saturated heterocycles. The molecule has 1 atom stereocenters. The average molecular weight is 455 g/mol. The summed E-state index contributed by atoms with van der Waals surface area (Å²) in [6.45, 7) is 5.33. The average Bonchev–Trinajstić information content (AvgIpc) is 3.44. The number of nitrogens with zero attached hydrogens (tertiary/aromatic N) is 5. The SMILES string of the molecule is C=CC(=O)N1CCC(c2c(-c3ccn(Cc4ccccc4)c(=O)c3)c3c(N)ncnc3n2C)C1. The van der Waals surface area contributed by atoms with Gasteiger partial charge in [0.2, 0.25) is 5.91 Å². The van der Waals surface area contributed by atoms with E-state index in [4.69, 9.17) is 5.73 Å². The number of carbonyl (C=O) groups excluding carboxylic acids is 1. The largest absolute Gasteiger partial charge is 0.383 e. The van der Waals surface area contributed by atoms with Gasteiger partial charge in [-0.3, -0.25) is 9.59 Å². The number of fused-ring (bicyclic) bond motifs is 1. The molecule has 0 radical (unpaired) electrons. The van der Waals surface area contributed by atoms with Crippen LogP contribution in [0.15, 0.2) is 72.4 Å². The first-order chi connectivity index (χ1) is 16.5. The van der Waals surface area contributed by atoms with Crippen molar-refractivity contribution in [3.63, 3.8) is 0 Å². The number of nitrogens with two attached hydrogens (primary N) is 1. The summed E-state index contributed by atoms with van der Waals surface area (Å²) in [5.74, 6) is 0.363. The van der Waals surface area contributed by atoms with Crippen molar-refractivity contribution in [3.8, 4) is 11.1 Å². The van der Waals surface area contributed by atoms with Crippen molar-refractivity contribution in [2.24, 2.45) is 7.05 Å². The first kappa shape index (κ1) is 21.6. The number of rotatable bonds is 5. The van der Waals surface area contributed by atoms with Crippen molar-refractivity contribution >= 4 is 22.8 Å². The van der Waals surface area contributed by atoms with Gasteiger partial charge in [0, 0.05) is 49.6 Å². The van der Waals surface area contributed by atoms with E-state index in [2.05, 4.69) is 16.5 Å². The summed E-state index contributed by atoms with van der Waals surface area (Å²) < 4.78 is 3.70. The zero-order valence-corrected chi connectivity index (χ0v) is 19.0. The summed E-state index contributed by atoms with van der Waals surface area (Å²) in [6, 6.07) is 13.5. The third-order valence-corrected chi connectivity index (χ3v) is 6.58. The van der Waals surface area contributed by atoms with Gasteiger partial charge in [0.25, 0.3) is 5.56 Å². The Hall–Kier alpha value is -4.20. The van der Waals surface area contributed by atoms with E-state index in [9.17, 15) is 9.59 Å². The molecule has 172 valence electrons. The molecular formula is C26H26N6O2. The van der Waals surface area contributed by atoms with Crippen LogP contribution >= 0.6 is 0 Å². The second-order valence-electron chi connectivity index (χ2n) is 8.62. The van der Waals surface area contributed by atoms with Crippen molar-refractivity contribution in [3.05, 3.63) is 89.3 Å². The van der Waals surface area contributed by atoms with E-state index in [0.717, 1.165) is 34.2 Å². The van der Waals surface area contributed by atoms with E-state index >= 15 is 0 Å². The Morgan fingerprint density at radius 3 is 2.76 bits per heavy atom. The molecule has 1 amide bonds. The molecule has 1 aliphatic heterocycles. The molecular weight excluding hydrogens is 428 g/mol. The smallest absolute Gasteiger partial charge is 0.251 e. The van der Waals surface area contributed by atoms with Gasteiger partial charge in [-0.1, -0.05) is 36.9 Å². The highest BCUT2D eigenvalue weighted by Crippen LogP contribution is 2.41. The zero-order valence-electron chi connectivity index (χ0n) is 19.0. The second kappa shape index (κ2) is 8.62. The van der Waals surface area contributed by atoms with Crippen molar-refractivity contribution < 1.29 is 4.79 Å². The minimum absolute atomic E-state index is 0.0734. The van der Waals surface area contributed by atoms with Gasteiger partial charge >= 0.3 is 0 Å². The third kappa shape index (κ3) is 3.67. The van der Waals surface area contributed by atoms with Crippen LogP contribution in [-0.4, -0.2) is 43.0 Å². The standard InChI is InChI=1S/C26H26N6O2/c1-3-20(33)32-12-10-19(15-32)24-22(23-25(27)28-16-29-26(23)30(24)2)18-9-11-31(21(34)13-18)14-17-7-5-4-6-8-17/h3-9,11,13,16,19H,1,10,12,14-15H2,2H3,(H2,27,28,29). The molecule has 0 spiro atoms. The van der Waals surface area contributed by atoms with Gasteiger partial charge < -0.3 is 19.8 Å². The van der Waals surface area contributed by atoms with Crippen LogP contribution in [0.2, 0.25) is 0 Å². The van der Waals surface area contributed by atoms with Crippen LogP contribution in [0, 0.1) is 0 Å². The number of pyridine rings is 1. The van der Waals surface area contributed by atoms with E-state index in [1.54, 1.807) is 15.5 Å². The summed E-state index contributed by atoms with van der Waals surface area (Å²) in [6.07, 6.45) is 5.41. The molecule has 4 aromatic rings. The number of nitrogen functional groups attached to an aromatic ring is 1. The van der Waals surface area contributed by atoms with Gasteiger partial charge in [0.05, 0.1) is 11.9 Å². The quantitative estimate of drug-likeness (QED) is 0.468. The summed E-state index contributed by atoms with van der Waals surface area (Å²) in [4.78, 5) is 35.8. The van der Waals surface area contributed by atoms with E-state index in [1.807, 2.05) is 54.2 Å². The molecule has 1 aliphatic rings. The fourth-order valence-electron chi connectivity index (χ4n) is 4.95. The van der Waals surface area contributed by atoms with Gasteiger partial charge in [-0.2, -0.15) is 0 Å². The number of hydrogen-bond acceptors (Lipinski definition) is 5. The van der Waals surface area contributed by atoms with Gasteiger partial charge in [-0.25, -0.2) is 9.97 Å². The van der Waals surface area contributed by atoms with Crippen molar-refractivity contribution in [2.45, 2.75) is 18.9 Å². The van der Waals surface area contributed by atoms with Crippen molar-refractivity contribution in [1.29, 1.82) is 0 Å². The van der Waals surface area contributed by atoms with Crippen LogP contribution in [0.25, 0.3) is 22.2 Å². The second-order valence-corrected chi connectivity index (χ2v) is 8.62. The van der Waals surface area contributed by atoms with Crippen LogP contribution in [0.3, 0.4) is 0 Å². The number of aryl methyl sites for hydroxylation is 1. The number of likely N-dealkylation sites (tertiary alicyclic amines) is 1. The van der Waals surface area contributed by atoms with E-state index < -0.39 is 0 Å². The molecule has 5 rings (SSSR count). The van der Waals surface area contributed by atoms with Crippen molar-refractivity contribution in [2.75, 3.05) is 18.8 Å². The molecule has 0 saturated carbocycles. The Labute approximate surface area is 197 Å². The minimum atomic E-state index is -0.102. The fraction of sp³-hybridized carbons (Fsp3) is 0.231. The van der Waals surface area contributed by atoms with Crippen LogP contribution in [0.5, 0.6) is 0 Å².